The summed E-state index contributed by atoms with van der Waals surface area (Å²) in [7, 11) is 1.79. The van der Waals surface area contributed by atoms with Crippen LogP contribution in [-0.4, -0.2) is 19.7 Å². The number of anilines is 1. The molecule has 0 unspecified atom stereocenters. The molecule has 4 rings (SSSR count). The predicted octanol–water partition coefficient (Wildman–Crippen LogP) is 2.47. The van der Waals surface area contributed by atoms with Crippen LogP contribution < -0.4 is 16.0 Å². The molecule has 0 saturated carbocycles. The second-order valence-electron chi connectivity index (χ2n) is 6.24. The van der Waals surface area contributed by atoms with E-state index in [-0.39, 0.29) is 22.9 Å². The van der Waals surface area contributed by atoms with Gasteiger partial charge in [0.2, 0.25) is 5.27 Å². The molecule has 0 aliphatic carbocycles. The van der Waals surface area contributed by atoms with Gasteiger partial charge < -0.3 is 10.8 Å². The largest absolute Gasteiger partial charge is 0.506 e. The van der Waals surface area contributed by atoms with Gasteiger partial charge in [-0.1, -0.05) is 24.3 Å². The summed E-state index contributed by atoms with van der Waals surface area (Å²) < 4.78 is 10.3. The Bertz CT molecular complexity index is 1240. The topological polar surface area (TPSA) is 103 Å². The average Bonchev–Trinajstić information content (AvgIpc) is 3.15. The van der Waals surface area contributed by atoms with Gasteiger partial charge in [0.05, 0.1) is 15.7 Å². The van der Waals surface area contributed by atoms with Gasteiger partial charge in [-0.15, -0.1) is 0 Å². The van der Waals surface area contributed by atoms with Gasteiger partial charge in [-0.25, -0.2) is 4.68 Å². The molecular formula is C19H17BrN5O3+. The number of phenols is 1. The maximum Gasteiger partial charge on any atom is 0.346 e. The Hall–Kier alpha value is -3.33. The van der Waals surface area contributed by atoms with E-state index in [0.717, 1.165) is 0 Å². The van der Waals surface area contributed by atoms with Crippen molar-refractivity contribution in [1.82, 2.24) is 14.6 Å². The van der Waals surface area contributed by atoms with Gasteiger partial charge >= 0.3 is 22.8 Å². The van der Waals surface area contributed by atoms with Gasteiger partial charge in [0.1, 0.15) is 11.4 Å². The lowest BCUT2D eigenvalue weighted by atomic mass is 10.1. The molecule has 0 aliphatic rings. The zero-order valence-corrected chi connectivity index (χ0v) is 16.7. The van der Waals surface area contributed by atoms with Crippen LogP contribution in [0.5, 0.6) is 5.75 Å². The van der Waals surface area contributed by atoms with Crippen LogP contribution in [0.1, 0.15) is 5.69 Å². The van der Waals surface area contributed by atoms with E-state index in [0.29, 0.717) is 27.1 Å². The minimum Gasteiger partial charge on any atom is -0.506 e. The molecule has 3 N–H and O–H groups in total. The fraction of sp³-hybridized carbons (Fsp3) is 0.105. The number of phenolic OH excluding ortho intramolecular Hbond substituents is 1. The number of nitrogens with two attached hydrogens (primary N) is 1. The van der Waals surface area contributed by atoms with Crippen molar-refractivity contribution in [1.29, 1.82) is 0 Å². The standard InChI is InChI=1S/C19H16BrN5O3/c1-11-15(19(27)25(23(11)2)12-7-4-3-5-8-12)24-16(18(21)28-22-24)13-9-6-10-14(20)17(13)26/h3-10,21-22H,1-2H3/p+1. The Kier molecular flexibility index (Phi) is 4.31. The number of nitrogen functional groups attached to an aromatic ring is 1. The molecule has 2 heterocycles. The highest BCUT2D eigenvalue weighted by atomic mass is 79.9. The van der Waals surface area contributed by atoms with E-state index in [9.17, 15) is 9.90 Å². The number of rotatable bonds is 3. The number of halogens is 1. The van der Waals surface area contributed by atoms with E-state index >= 15 is 0 Å². The van der Waals surface area contributed by atoms with E-state index in [1.54, 1.807) is 36.9 Å². The van der Waals surface area contributed by atoms with Gasteiger partial charge in [-0.2, -0.15) is 0 Å². The minimum absolute atomic E-state index is 0.0117. The lowest BCUT2D eigenvalue weighted by Gasteiger charge is -2.06. The molecule has 28 heavy (non-hydrogen) atoms. The summed E-state index contributed by atoms with van der Waals surface area (Å²) in [6.45, 7) is 1.80. The van der Waals surface area contributed by atoms with Gasteiger partial charge in [-0.05, 0) is 47.1 Å². The first-order chi connectivity index (χ1) is 13.4. The van der Waals surface area contributed by atoms with E-state index < -0.39 is 0 Å². The molecule has 0 saturated heterocycles. The van der Waals surface area contributed by atoms with Crippen LogP contribution in [-0.2, 0) is 7.05 Å². The molecule has 0 spiro atoms. The fourth-order valence-electron chi connectivity index (χ4n) is 3.18. The zero-order valence-electron chi connectivity index (χ0n) is 15.1. The van der Waals surface area contributed by atoms with E-state index in [4.69, 9.17) is 10.3 Å². The van der Waals surface area contributed by atoms with E-state index in [2.05, 4.69) is 21.2 Å². The van der Waals surface area contributed by atoms with E-state index in [1.807, 2.05) is 30.3 Å². The van der Waals surface area contributed by atoms with Crippen LogP contribution in [0.15, 0.2) is 62.3 Å². The van der Waals surface area contributed by atoms with Crippen molar-refractivity contribution in [3.05, 3.63) is 69.1 Å². The molecule has 142 valence electrons. The van der Waals surface area contributed by atoms with Gasteiger partial charge in [0.15, 0.2) is 0 Å². The first kappa shape index (κ1) is 18.1. The monoisotopic (exact) mass is 442 g/mol. The van der Waals surface area contributed by atoms with E-state index in [1.165, 1.54) is 9.36 Å². The number of para-hydroxylation sites is 2. The van der Waals surface area contributed by atoms with Gasteiger partial charge in [0.25, 0.3) is 0 Å². The SMILES string of the molecule is Cc1c(-[n+]2noc(N)c2-c2cccc(Br)c2O)c(=O)n(-c2ccccc2)n1C. The van der Waals surface area contributed by atoms with Crippen LogP contribution >= 0.6 is 15.9 Å². The first-order valence-electron chi connectivity index (χ1n) is 8.41. The normalized spacial score (nSPS) is 11.1. The summed E-state index contributed by atoms with van der Waals surface area (Å²) in [6, 6.07) is 14.4. The lowest BCUT2D eigenvalue weighted by Crippen LogP contribution is -2.40. The Labute approximate surface area is 168 Å². The Morgan fingerprint density at radius 1 is 1.18 bits per heavy atom. The quantitative estimate of drug-likeness (QED) is 0.474. The number of benzene rings is 2. The van der Waals surface area contributed by atoms with Crippen LogP contribution in [0.2, 0.25) is 0 Å². The van der Waals surface area contributed by atoms with Crippen molar-refractivity contribution < 1.29 is 14.3 Å². The van der Waals surface area contributed by atoms with Gasteiger partial charge in [0, 0.05) is 11.7 Å². The second-order valence-corrected chi connectivity index (χ2v) is 7.10. The Balaban J connectivity index is 2.01. The first-order valence-corrected chi connectivity index (χ1v) is 9.21. The van der Waals surface area contributed by atoms with Crippen molar-refractivity contribution in [2.24, 2.45) is 7.05 Å². The maximum atomic E-state index is 13.3. The highest BCUT2D eigenvalue weighted by Crippen LogP contribution is 2.36. The summed E-state index contributed by atoms with van der Waals surface area (Å²) in [5, 5.41) is 14.4. The number of hydrogen-bond acceptors (Lipinski definition) is 5. The maximum absolute atomic E-state index is 13.3. The van der Waals surface area contributed by atoms with Crippen molar-refractivity contribution in [3.8, 4) is 28.4 Å². The molecule has 0 aliphatic heterocycles. The Morgan fingerprint density at radius 3 is 2.61 bits per heavy atom. The molecular weight excluding hydrogens is 426 g/mol. The fourth-order valence-corrected chi connectivity index (χ4v) is 3.54. The summed E-state index contributed by atoms with van der Waals surface area (Å²) in [6.07, 6.45) is 0. The average molecular weight is 443 g/mol. The minimum atomic E-state index is -0.291. The molecule has 0 radical (unpaired) electrons. The third kappa shape index (κ3) is 2.63. The summed E-state index contributed by atoms with van der Waals surface area (Å²) in [5.41, 5.74) is 8.04. The van der Waals surface area contributed by atoms with Crippen LogP contribution in [0, 0.1) is 6.92 Å². The highest BCUT2D eigenvalue weighted by Gasteiger charge is 2.35. The number of nitrogens with zero attached hydrogens (tertiary/aromatic N) is 4. The van der Waals surface area contributed by atoms with Crippen LogP contribution in [0.25, 0.3) is 22.6 Å². The van der Waals surface area contributed by atoms with Crippen molar-refractivity contribution in [3.63, 3.8) is 0 Å². The smallest absolute Gasteiger partial charge is 0.346 e. The highest BCUT2D eigenvalue weighted by molar-refractivity contribution is 9.10. The number of aromatic hydroxyl groups is 1. The Morgan fingerprint density at radius 2 is 1.89 bits per heavy atom. The summed E-state index contributed by atoms with van der Waals surface area (Å²) in [5.74, 6) is -0.0366. The third-order valence-electron chi connectivity index (χ3n) is 4.64. The number of hydrogen-bond donors (Lipinski definition) is 2. The molecule has 9 heteroatoms. The molecule has 0 bridgehead atoms. The van der Waals surface area contributed by atoms with Crippen molar-refractivity contribution >= 4 is 21.8 Å². The molecule has 2 aromatic heterocycles. The molecule has 0 fully saturated rings. The van der Waals surface area contributed by atoms with Crippen molar-refractivity contribution in [2.45, 2.75) is 6.92 Å². The molecule has 8 nitrogen and oxygen atoms in total. The second kappa shape index (κ2) is 6.68. The van der Waals surface area contributed by atoms with Crippen LogP contribution in [0.3, 0.4) is 0 Å². The zero-order chi connectivity index (χ0) is 20.0. The molecule has 0 atom stereocenters. The third-order valence-corrected chi connectivity index (χ3v) is 5.28. The molecule has 0 amide bonds. The predicted molar refractivity (Wildman–Crippen MR) is 107 cm³/mol. The van der Waals surface area contributed by atoms with Crippen molar-refractivity contribution in [2.75, 3.05) is 5.73 Å². The summed E-state index contributed by atoms with van der Waals surface area (Å²) >= 11 is 3.29. The van der Waals surface area contributed by atoms with Crippen LogP contribution in [0.4, 0.5) is 5.88 Å². The number of aromatic nitrogens is 4. The molecule has 2 aromatic carbocycles. The summed E-state index contributed by atoms with van der Waals surface area (Å²) in [4.78, 5) is 13.3. The lowest BCUT2D eigenvalue weighted by molar-refractivity contribution is -0.661. The van der Waals surface area contributed by atoms with Gasteiger partial charge in [-0.3, -0.25) is 14.0 Å². The molecule has 4 aromatic rings.